The molecule has 170 valence electrons. The number of nitrogens with zero attached hydrogens (tertiary/aromatic N) is 2. The molecule has 0 spiro atoms. The van der Waals surface area contributed by atoms with Gasteiger partial charge in [-0.15, -0.1) is 0 Å². The number of rotatable bonds is 8. The van der Waals surface area contributed by atoms with E-state index in [0.29, 0.717) is 23.5 Å². The van der Waals surface area contributed by atoms with Crippen molar-refractivity contribution >= 4 is 17.5 Å². The van der Waals surface area contributed by atoms with E-state index in [1.807, 2.05) is 13.0 Å². The average Bonchev–Trinajstić information content (AvgIpc) is 3.64. The Balaban J connectivity index is 1.66. The molecule has 2 saturated carbocycles. The van der Waals surface area contributed by atoms with Crippen LogP contribution in [0.4, 0.5) is 5.69 Å². The zero-order valence-corrected chi connectivity index (χ0v) is 18.8. The highest BCUT2D eigenvalue weighted by Gasteiger charge is 2.36. The van der Waals surface area contributed by atoms with Crippen molar-refractivity contribution in [3.8, 4) is 5.75 Å². The van der Waals surface area contributed by atoms with E-state index in [1.54, 1.807) is 17.0 Å². The SMILES string of the molecule is C[C@@H]1CN([C@@H](C)CO)C(=O)c2cccc(NC(=O)C3CC3)c2O[C@@H]1CN(C)CC1CC1. The van der Waals surface area contributed by atoms with Gasteiger partial charge in [-0.2, -0.15) is 0 Å². The van der Waals surface area contributed by atoms with Crippen molar-refractivity contribution < 1.29 is 19.4 Å². The second-order valence-corrected chi connectivity index (χ2v) is 9.73. The van der Waals surface area contributed by atoms with Crippen LogP contribution in [0.1, 0.15) is 49.9 Å². The monoisotopic (exact) mass is 429 g/mol. The summed E-state index contributed by atoms with van der Waals surface area (Å²) in [4.78, 5) is 29.9. The molecule has 0 saturated heterocycles. The van der Waals surface area contributed by atoms with Gasteiger partial charge < -0.3 is 25.0 Å². The van der Waals surface area contributed by atoms with Crippen LogP contribution < -0.4 is 10.1 Å². The number of amides is 2. The molecule has 1 aliphatic heterocycles. The van der Waals surface area contributed by atoms with Crippen molar-refractivity contribution in [3.05, 3.63) is 23.8 Å². The number of anilines is 1. The molecule has 1 aromatic rings. The predicted octanol–water partition coefficient (Wildman–Crippen LogP) is 2.60. The zero-order chi connectivity index (χ0) is 22.1. The van der Waals surface area contributed by atoms with Gasteiger partial charge in [-0.05, 0) is 57.7 Å². The number of nitrogens with one attached hydrogen (secondary N) is 1. The van der Waals surface area contributed by atoms with Crippen LogP contribution in [-0.2, 0) is 4.79 Å². The van der Waals surface area contributed by atoms with Gasteiger partial charge in [-0.25, -0.2) is 0 Å². The van der Waals surface area contributed by atoms with E-state index in [1.165, 1.54) is 12.8 Å². The van der Waals surface area contributed by atoms with E-state index in [9.17, 15) is 14.7 Å². The van der Waals surface area contributed by atoms with Crippen LogP contribution in [0.25, 0.3) is 0 Å². The number of carbonyl (C=O) groups is 2. The molecule has 7 heteroatoms. The van der Waals surface area contributed by atoms with Gasteiger partial charge in [-0.3, -0.25) is 9.59 Å². The van der Waals surface area contributed by atoms with Crippen molar-refractivity contribution in [2.24, 2.45) is 17.8 Å². The number of hydrogen-bond acceptors (Lipinski definition) is 5. The van der Waals surface area contributed by atoms with Crippen LogP contribution in [0, 0.1) is 17.8 Å². The molecule has 7 nitrogen and oxygen atoms in total. The molecular formula is C24H35N3O4. The number of hydrogen-bond donors (Lipinski definition) is 2. The van der Waals surface area contributed by atoms with Gasteiger partial charge in [0.05, 0.1) is 23.9 Å². The summed E-state index contributed by atoms with van der Waals surface area (Å²) < 4.78 is 6.52. The first-order valence-electron chi connectivity index (χ1n) is 11.6. The summed E-state index contributed by atoms with van der Waals surface area (Å²) in [5.41, 5.74) is 0.999. The van der Waals surface area contributed by atoms with Crippen LogP contribution in [-0.4, -0.2) is 72.2 Å². The fourth-order valence-electron chi connectivity index (χ4n) is 4.26. The van der Waals surface area contributed by atoms with Crippen molar-refractivity contribution in [1.29, 1.82) is 0 Å². The molecular weight excluding hydrogens is 394 g/mol. The topological polar surface area (TPSA) is 82.1 Å². The van der Waals surface area contributed by atoms with Gasteiger partial charge in [0.25, 0.3) is 5.91 Å². The zero-order valence-electron chi connectivity index (χ0n) is 18.8. The molecule has 1 heterocycles. The van der Waals surface area contributed by atoms with Crippen LogP contribution in [0.3, 0.4) is 0 Å². The maximum atomic E-state index is 13.4. The Morgan fingerprint density at radius 1 is 1.29 bits per heavy atom. The molecule has 2 aliphatic carbocycles. The lowest BCUT2D eigenvalue weighted by Crippen LogP contribution is -2.50. The summed E-state index contributed by atoms with van der Waals surface area (Å²) in [5, 5.41) is 12.8. The third-order valence-corrected chi connectivity index (χ3v) is 6.66. The normalized spacial score (nSPS) is 24.8. The summed E-state index contributed by atoms with van der Waals surface area (Å²) in [6.45, 7) is 6.17. The number of aliphatic hydroxyl groups is 1. The van der Waals surface area contributed by atoms with Crippen LogP contribution in [0.2, 0.25) is 0 Å². The Labute approximate surface area is 184 Å². The molecule has 0 bridgehead atoms. The minimum absolute atomic E-state index is 0.0115. The number of aliphatic hydroxyl groups excluding tert-OH is 1. The number of fused-ring (bicyclic) bond motifs is 1. The highest BCUT2D eigenvalue weighted by atomic mass is 16.5. The van der Waals surface area contributed by atoms with E-state index in [4.69, 9.17) is 4.74 Å². The first-order valence-corrected chi connectivity index (χ1v) is 11.6. The summed E-state index contributed by atoms with van der Waals surface area (Å²) in [6, 6.07) is 5.05. The minimum atomic E-state index is -0.296. The minimum Gasteiger partial charge on any atom is -0.486 e. The third-order valence-electron chi connectivity index (χ3n) is 6.66. The lowest BCUT2D eigenvalue weighted by atomic mass is 9.99. The Hall–Kier alpha value is -2.12. The van der Waals surface area contributed by atoms with Gasteiger partial charge in [-0.1, -0.05) is 13.0 Å². The van der Waals surface area contributed by atoms with Crippen molar-refractivity contribution in [1.82, 2.24) is 9.80 Å². The largest absolute Gasteiger partial charge is 0.486 e. The maximum Gasteiger partial charge on any atom is 0.258 e. The van der Waals surface area contributed by atoms with Crippen LogP contribution in [0.15, 0.2) is 18.2 Å². The molecule has 1 aromatic carbocycles. The quantitative estimate of drug-likeness (QED) is 0.664. The molecule has 3 atom stereocenters. The van der Waals surface area contributed by atoms with Gasteiger partial charge in [0.1, 0.15) is 6.10 Å². The molecule has 0 aromatic heterocycles. The van der Waals surface area contributed by atoms with Crippen LogP contribution in [0.5, 0.6) is 5.75 Å². The molecule has 31 heavy (non-hydrogen) atoms. The van der Waals surface area contributed by atoms with Crippen molar-refractivity contribution in [2.75, 3.05) is 38.6 Å². The average molecular weight is 430 g/mol. The van der Waals surface area contributed by atoms with E-state index in [2.05, 4.69) is 24.2 Å². The molecule has 2 amide bonds. The fourth-order valence-corrected chi connectivity index (χ4v) is 4.26. The second kappa shape index (κ2) is 9.17. The van der Waals surface area contributed by atoms with E-state index in [-0.39, 0.29) is 42.4 Å². The first-order chi connectivity index (χ1) is 14.9. The number of benzene rings is 1. The molecule has 2 N–H and O–H groups in total. The Bertz CT molecular complexity index is 821. The summed E-state index contributed by atoms with van der Waals surface area (Å²) in [6.07, 6.45) is 4.27. The number of carbonyl (C=O) groups excluding carboxylic acids is 2. The molecule has 0 radical (unpaired) electrons. The van der Waals surface area contributed by atoms with E-state index < -0.39 is 0 Å². The second-order valence-electron chi connectivity index (χ2n) is 9.73. The highest BCUT2D eigenvalue weighted by Crippen LogP contribution is 2.37. The lowest BCUT2D eigenvalue weighted by molar-refractivity contribution is -0.117. The molecule has 2 fully saturated rings. The Morgan fingerprint density at radius 3 is 2.68 bits per heavy atom. The molecule has 3 aliphatic rings. The van der Waals surface area contributed by atoms with Gasteiger partial charge in [0.2, 0.25) is 5.91 Å². The van der Waals surface area contributed by atoms with Crippen molar-refractivity contribution in [2.45, 2.75) is 51.7 Å². The van der Waals surface area contributed by atoms with E-state index in [0.717, 1.165) is 31.8 Å². The van der Waals surface area contributed by atoms with Crippen LogP contribution >= 0.6 is 0 Å². The Kier molecular flexibility index (Phi) is 6.53. The first kappa shape index (κ1) is 22.1. The van der Waals surface area contributed by atoms with Gasteiger partial charge in [0.15, 0.2) is 5.75 Å². The van der Waals surface area contributed by atoms with E-state index >= 15 is 0 Å². The molecule has 4 rings (SSSR count). The van der Waals surface area contributed by atoms with Gasteiger partial charge >= 0.3 is 0 Å². The predicted molar refractivity (Wildman–Crippen MR) is 119 cm³/mol. The highest BCUT2D eigenvalue weighted by molar-refractivity contribution is 6.02. The maximum absolute atomic E-state index is 13.4. The standard InChI is InChI=1S/C24H35N3O4/c1-15-11-27(16(2)14-28)24(30)19-5-4-6-20(25-23(29)18-9-10-18)22(19)31-21(15)13-26(3)12-17-7-8-17/h4-6,15-18,21,28H,7-14H2,1-3H3,(H,25,29)/t15-,16+,21-/m1/s1. The van der Waals surface area contributed by atoms with Gasteiger partial charge in [0, 0.05) is 31.5 Å². The molecule has 0 unspecified atom stereocenters. The summed E-state index contributed by atoms with van der Waals surface area (Å²) >= 11 is 0. The smallest absolute Gasteiger partial charge is 0.258 e. The number of para-hydroxylation sites is 1. The lowest BCUT2D eigenvalue weighted by Gasteiger charge is -2.38. The number of ether oxygens (including phenoxy) is 1. The number of likely N-dealkylation sites (N-methyl/N-ethyl adjacent to an activating group) is 1. The third kappa shape index (κ3) is 5.21. The summed E-state index contributed by atoms with van der Waals surface area (Å²) in [7, 11) is 2.12. The fraction of sp³-hybridized carbons (Fsp3) is 0.667. The Morgan fingerprint density at radius 2 is 2.03 bits per heavy atom. The summed E-state index contributed by atoms with van der Waals surface area (Å²) in [5.74, 6) is 1.18. The van der Waals surface area contributed by atoms with Crippen molar-refractivity contribution in [3.63, 3.8) is 0 Å².